The van der Waals surface area contributed by atoms with E-state index in [2.05, 4.69) is 5.32 Å². The van der Waals surface area contributed by atoms with Crippen LogP contribution in [0.25, 0.3) is 0 Å². The summed E-state index contributed by atoms with van der Waals surface area (Å²) in [5.41, 5.74) is 2.38. The minimum absolute atomic E-state index is 0.0743. The first-order valence-corrected chi connectivity index (χ1v) is 14.2. The molecule has 2 rings (SSSR count). The van der Waals surface area contributed by atoms with E-state index in [1.165, 1.54) is 19.0 Å². The molecule has 0 aromatic heterocycles. The predicted molar refractivity (Wildman–Crippen MR) is 150 cm³/mol. The number of carbonyl (C=O) groups excluding carboxylic acids is 2. The minimum Gasteiger partial charge on any atom is -0.352 e. The molecule has 8 nitrogen and oxygen atoms in total. The molecule has 0 bridgehead atoms. The fourth-order valence-electron chi connectivity index (χ4n) is 3.59. The number of benzene rings is 2. The third kappa shape index (κ3) is 7.60. The van der Waals surface area contributed by atoms with Crippen LogP contribution in [0.15, 0.2) is 36.4 Å². The number of nitrogens with zero attached hydrogens (tertiary/aromatic N) is 3. The van der Waals surface area contributed by atoms with Gasteiger partial charge in [-0.05, 0) is 63.4 Å². The number of amides is 2. The molecule has 0 unspecified atom stereocenters. The summed E-state index contributed by atoms with van der Waals surface area (Å²) >= 11 is 12.8. The lowest BCUT2D eigenvalue weighted by Crippen LogP contribution is -2.53. The van der Waals surface area contributed by atoms with Gasteiger partial charge in [-0.3, -0.25) is 9.59 Å². The standard InChI is InChI=1S/C26H36Cl2N4O4S/c1-8-19(4)29-26(34)20(5)31(15-21-22(27)10-9-11-23(21)28)25(33)16-32(37(35,36)30(6)7)24-14-17(2)12-13-18(24)3/h9-14,19-20H,8,15-16H2,1-7H3,(H,29,34)/t19-,20-/m0/s1. The Morgan fingerprint density at radius 1 is 1.03 bits per heavy atom. The molecule has 37 heavy (non-hydrogen) atoms. The zero-order valence-electron chi connectivity index (χ0n) is 22.4. The Morgan fingerprint density at radius 2 is 1.62 bits per heavy atom. The fourth-order valence-corrected chi connectivity index (χ4v) is 5.22. The Kier molecular flexibility index (Phi) is 10.8. The molecule has 2 atom stereocenters. The fraction of sp³-hybridized carbons (Fsp3) is 0.462. The smallest absolute Gasteiger partial charge is 0.304 e. The Morgan fingerprint density at radius 3 is 2.16 bits per heavy atom. The van der Waals surface area contributed by atoms with E-state index in [1.807, 2.05) is 26.8 Å². The molecule has 0 saturated carbocycles. The molecule has 0 saturated heterocycles. The Bertz CT molecular complexity index is 1220. The van der Waals surface area contributed by atoms with Gasteiger partial charge in [-0.15, -0.1) is 0 Å². The van der Waals surface area contributed by atoms with Crippen LogP contribution >= 0.6 is 23.2 Å². The van der Waals surface area contributed by atoms with Gasteiger partial charge in [0, 0.05) is 42.3 Å². The average molecular weight is 572 g/mol. The second kappa shape index (κ2) is 13.0. The molecule has 2 aromatic rings. The zero-order valence-corrected chi connectivity index (χ0v) is 24.7. The third-order valence-electron chi connectivity index (χ3n) is 6.21. The maximum atomic E-state index is 13.9. The van der Waals surface area contributed by atoms with Gasteiger partial charge in [-0.25, -0.2) is 4.31 Å². The molecule has 0 heterocycles. The van der Waals surface area contributed by atoms with Crippen molar-refractivity contribution in [1.82, 2.24) is 14.5 Å². The normalized spacial score (nSPS) is 13.2. The number of anilines is 1. The lowest BCUT2D eigenvalue weighted by Gasteiger charge is -2.34. The van der Waals surface area contributed by atoms with E-state index in [-0.39, 0.29) is 18.5 Å². The average Bonchev–Trinajstić information content (AvgIpc) is 2.83. The summed E-state index contributed by atoms with van der Waals surface area (Å²) in [6.45, 7) is 8.44. The van der Waals surface area contributed by atoms with Gasteiger partial charge in [-0.1, -0.05) is 48.3 Å². The van der Waals surface area contributed by atoms with Crippen LogP contribution in [-0.2, 0) is 26.3 Å². The van der Waals surface area contributed by atoms with E-state index in [0.717, 1.165) is 14.2 Å². The number of aryl methyl sites for hydroxylation is 2. The number of nitrogens with one attached hydrogen (secondary N) is 1. The molecule has 11 heteroatoms. The minimum atomic E-state index is -4.05. The van der Waals surface area contributed by atoms with Crippen LogP contribution in [-0.4, -0.2) is 62.2 Å². The molecule has 1 N–H and O–H groups in total. The van der Waals surface area contributed by atoms with Crippen LogP contribution in [0.3, 0.4) is 0 Å². The van der Waals surface area contributed by atoms with Crippen LogP contribution in [0.5, 0.6) is 0 Å². The van der Waals surface area contributed by atoms with Crippen LogP contribution in [0, 0.1) is 13.8 Å². The summed E-state index contributed by atoms with van der Waals surface area (Å²) in [5.74, 6) is -0.936. The maximum Gasteiger partial charge on any atom is 0.304 e. The van der Waals surface area contributed by atoms with Crippen molar-refractivity contribution >= 4 is 50.9 Å². The van der Waals surface area contributed by atoms with E-state index < -0.39 is 28.7 Å². The second-order valence-electron chi connectivity index (χ2n) is 9.30. The van der Waals surface area contributed by atoms with Crippen molar-refractivity contribution in [3.8, 4) is 0 Å². The van der Waals surface area contributed by atoms with Crippen molar-refractivity contribution in [1.29, 1.82) is 0 Å². The van der Waals surface area contributed by atoms with E-state index in [4.69, 9.17) is 23.2 Å². The number of hydrogen-bond donors (Lipinski definition) is 1. The Hall–Kier alpha value is -2.33. The van der Waals surface area contributed by atoms with Crippen molar-refractivity contribution < 1.29 is 18.0 Å². The van der Waals surface area contributed by atoms with E-state index in [1.54, 1.807) is 44.2 Å². The first-order valence-electron chi connectivity index (χ1n) is 12.0. The molecule has 0 fully saturated rings. The van der Waals surface area contributed by atoms with Crippen molar-refractivity contribution in [2.75, 3.05) is 24.9 Å². The quantitative estimate of drug-likeness (QED) is 0.429. The van der Waals surface area contributed by atoms with Gasteiger partial charge in [0.25, 0.3) is 0 Å². The molecule has 2 aromatic carbocycles. The lowest BCUT2D eigenvalue weighted by molar-refractivity contribution is -0.139. The summed E-state index contributed by atoms with van der Waals surface area (Å²) in [6.07, 6.45) is 0.713. The van der Waals surface area contributed by atoms with E-state index in [9.17, 15) is 18.0 Å². The van der Waals surface area contributed by atoms with Gasteiger partial charge in [0.1, 0.15) is 12.6 Å². The number of hydrogen-bond acceptors (Lipinski definition) is 4. The molecular formula is C26H36Cl2N4O4S. The van der Waals surface area contributed by atoms with Crippen molar-refractivity contribution in [3.63, 3.8) is 0 Å². The summed E-state index contributed by atoms with van der Waals surface area (Å²) < 4.78 is 28.9. The first-order chi connectivity index (χ1) is 17.2. The number of halogens is 2. The highest BCUT2D eigenvalue weighted by Crippen LogP contribution is 2.28. The largest absolute Gasteiger partial charge is 0.352 e. The summed E-state index contributed by atoms with van der Waals surface area (Å²) in [6, 6.07) is 9.35. The van der Waals surface area contributed by atoms with Crippen LogP contribution < -0.4 is 9.62 Å². The van der Waals surface area contributed by atoms with Gasteiger partial charge >= 0.3 is 10.2 Å². The van der Waals surface area contributed by atoms with Gasteiger partial charge in [0.15, 0.2) is 0 Å². The van der Waals surface area contributed by atoms with E-state index in [0.29, 0.717) is 33.3 Å². The van der Waals surface area contributed by atoms with Crippen molar-refractivity contribution in [2.45, 2.75) is 59.7 Å². The highest BCUT2D eigenvalue weighted by atomic mass is 35.5. The van der Waals surface area contributed by atoms with Crippen molar-refractivity contribution in [3.05, 3.63) is 63.1 Å². The highest BCUT2D eigenvalue weighted by molar-refractivity contribution is 7.90. The Labute approximate surface area is 230 Å². The third-order valence-corrected chi connectivity index (χ3v) is 8.72. The molecule has 204 valence electrons. The van der Waals surface area contributed by atoms with Gasteiger partial charge in [0.2, 0.25) is 11.8 Å². The maximum absolute atomic E-state index is 13.9. The molecular weight excluding hydrogens is 535 g/mol. The summed E-state index contributed by atoms with van der Waals surface area (Å²) in [5, 5.41) is 3.57. The molecule has 2 amide bonds. The summed E-state index contributed by atoms with van der Waals surface area (Å²) in [4.78, 5) is 28.2. The van der Waals surface area contributed by atoms with Crippen LogP contribution in [0.1, 0.15) is 43.9 Å². The first kappa shape index (κ1) is 30.9. The highest BCUT2D eigenvalue weighted by Gasteiger charge is 2.34. The van der Waals surface area contributed by atoms with Crippen LogP contribution in [0.4, 0.5) is 5.69 Å². The van der Waals surface area contributed by atoms with E-state index >= 15 is 0 Å². The summed E-state index contributed by atoms with van der Waals surface area (Å²) in [7, 11) is -1.24. The molecule has 0 aliphatic rings. The zero-order chi connectivity index (χ0) is 28.1. The van der Waals surface area contributed by atoms with Crippen LogP contribution in [0.2, 0.25) is 10.0 Å². The second-order valence-corrected chi connectivity index (χ2v) is 12.2. The Balaban J connectivity index is 2.56. The SMILES string of the molecule is CC[C@H](C)NC(=O)[C@H](C)N(Cc1c(Cl)cccc1Cl)C(=O)CN(c1cc(C)ccc1C)S(=O)(=O)N(C)C. The molecule has 0 spiro atoms. The topological polar surface area (TPSA) is 90.0 Å². The predicted octanol–water partition coefficient (Wildman–Crippen LogP) is 4.56. The molecule has 0 aliphatic heterocycles. The van der Waals surface area contributed by atoms with Gasteiger partial charge < -0.3 is 10.2 Å². The monoisotopic (exact) mass is 570 g/mol. The number of carbonyl (C=O) groups is 2. The molecule has 0 aliphatic carbocycles. The van der Waals surface area contributed by atoms with Crippen molar-refractivity contribution in [2.24, 2.45) is 0 Å². The number of rotatable bonds is 11. The van der Waals surface area contributed by atoms with Gasteiger partial charge in [0.05, 0.1) is 5.69 Å². The molecule has 0 radical (unpaired) electrons. The van der Waals surface area contributed by atoms with Gasteiger partial charge in [-0.2, -0.15) is 12.7 Å². The lowest BCUT2D eigenvalue weighted by atomic mass is 10.1.